The number of esters is 1. The van der Waals surface area contributed by atoms with Crippen molar-refractivity contribution < 1.29 is 46.5 Å². The largest absolute Gasteiger partial charge is 0.460 e. The van der Waals surface area contributed by atoms with E-state index in [0.717, 1.165) is 22.4 Å². The molecule has 0 aliphatic carbocycles. The van der Waals surface area contributed by atoms with Gasteiger partial charge in [0.05, 0.1) is 19.2 Å². The van der Waals surface area contributed by atoms with Gasteiger partial charge in [-0.25, -0.2) is 18.0 Å². The number of fused-ring (bicyclic) bond motifs is 1. The molecule has 6 N–H and O–H groups in total. The molecule has 0 amide bonds. The van der Waals surface area contributed by atoms with Gasteiger partial charge in [-0.05, 0) is 44.0 Å². The number of nitrogens with one attached hydrogen (secondary N) is 2. The van der Waals surface area contributed by atoms with Crippen LogP contribution in [0.3, 0.4) is 0 Å². The minimum Gasteiger partial charge on any atom is -0.460 e. The second-order valence-electron chi connectivity index (χ2n) is 11.9. The summed E-state index contributed by atoms with van der Waals surface area (Å²) in [5.74, 6) is -0.800. The van der Waals surface area contributed by atoms with Crippen molar-refractivity contribution in [1.29, 1.82) is 0 Å². The second kappa shape index (κ2) is 14.6. The fourth-order valence-corrected chi connectivity index (χ4v) is 7.30. The van der Waals surface area contributed by atoms with Crippen molar-refractivity contribution in [3.8, 4) is 5.75 Å². The standard InChI is InChI=1S/C30H39N8O10PS/c1-18-11-9-10-12-20(18)15-45-27(40)19(2)35-49(42,48-21-13-7-6-8-14-21)46-16-22-24(39)30(3,41)28(47-22)38-17-32-23-25(33-29(31)34-26(23)38)37(4)36-50(5,43)44/h6-14,17,19,22,24,28,36,39,41H,15-16H2,1-5H3,(H,35,42)(H2,31,33,34)/t19?,22?,24-,28?,30-,49?/m1/s1. The number of aromatic nitrogens is 4. The molecule has 1 fully saturated rings. The van der Waals surface area contributed by atoms with Crippen molar-refractivity contribution in [1.82, 2.24) is 29.4 Å². The zero-order chi connectivity index (χ0) is 36.4. The summed E-state index contributed by atoms with van der Waals surface area (Å²) >= 11 is 0. The number of hydrogen-bond donors (Lipinski definition) is 5. The number of ether oxygens (including phenoxy) is 2. The fraction of sp³-hybridized carbons (Fsp3) is 0.400. The highest BCUT2D eigenvalue weighted by molar-refractivity contribution is 7.88. The molecular weight excluding hydrogens is 695 g/mol. The van der Waals surface area contributed by atoms with Crippen molar-refractivity contribution in [2.45, 2.75) is 57.5 Å². The third kappa shape index (κ3) is 8.39. The Bertz CT molecular complexity index is 2000. The predicted octanol–water partition coefficient (Wildman–Crippen LogP) is 1.55. The number of aliphatic hydroxyl groups is 2. The van der Waals surface area contributed by atoms with Gasteiger partial charge in [-0.3, -0.25) is 18.9 Å². The van der Waals surface area contributed by atoms with Crippen LogP contribution in [-0.2, 0) is 40.0 Å². The topological polar surface area (TPSA) is 243 Å². The van der Waals surface area contributed by atoms with E-state index < -0.39 is 60.4 Å². The Balaban J connectivity index is 1.35. The number of aryl methyl sites for hydroxylation is 1. The van der Waals surface area contributed by atoms with Gasteiger partial charge in [-0.2, -0.15) is 15.1 Å². The number of nitrogens with zero attached hydrogens (tertiary/aromatic N) is 5. The van der Waals surface area contributed by atoms with Crippen molar-refractivity contribution >= 4 is 46.7 Å². The first-order valence-electron chi connectivity index (χ1n) is 15.2. The smallest absolute Gasteiger partial charge is 0.459 e. The van der Waals surface area contributed by atoms with E-state index in [-0.39, 0.29) is 35.3 Å². The maximum Gasteiger partial charge on any atom is 0.459 e. The van der Waals surface area contributed by atoms with Crippen LogP contribution < -0.4 is 25.2 Å². The summed E-state index contributed by atoms with van der Waals surface area (Å²) < 4.78 is 62.0. The number of sulfonamides is 1. The molecule has 1 aliphatic rings. The van der Waals surface area contributed by atoms with Gasteiger partial charge in [0.2, 0.25) is 16.0 Å². The molecule has 5 rings (SSSR count). The number of imidazole rings is 1. The molecule has 0 spiro atoms. The molecule has 2 aromatic heterocycles. The van der Waals surface area contributed by atoms with Crippen molar-refractivity contribution in [3.63, 3.8) is 0 Å². The van der Waals surface area contributed by atoms with E-state index in [1.807, 2.05) is 31.2 Å². The van der Waals surface area contributed by atoms with Crippen LogP contribution in [0.1, 0.15) is 31.2 Å². The van der Waals surface area contributed by atoms with Gasteiger partial charge in [0, 0.05) is 7.05 Å². The maximum atomic E-state index is 14.1. The van der Waals surface area contributed by atoms with Crippen molar-refractivity contribution in [3.05, 3.63) is 72.1 Å². The van der Waals surface area contributed by atoms with Crippen LogP contribution in [0.5, 0.6) is 5.75 Å². The van der Waals surface area contributed by atoms with Crippen LogP contribution in [0.15, 0.2) is 60.9 Å². The molecule has 0 radical (unpaired) electrons. The summed E-state index contributed by atoms with van der Waals surface area (Å²) in [7, 11) is -6.69. The molecule has 3 heterocycles. The van der Waals surface area contributed by atoms with Crippen molar-refractivity contribution in [2.24, 2.45) is 0 Å². The molecule has 1 aliphatic heterocycles. The SMILES string of the molecule is Cc1ccccc1COC(=O)C(C)NP(=O)(OCC1OC(n2cnc3c(N(C)NS(C)(=O)=O)nc(N)nc32)[C@](C)(O)[C@@H]1O)Oc1ccccc1. The summed E-state index contributed by atoms with van der Waals surface area (Å²) in [5, 5.41) is 26.3. The molecule has 270 valence electrons. The van der Waals surface area contributed by atoms with Gasteiger partial charge in [-0.15, -0.1) is 4.83 Å². The predicted molar refractivity (Wildman–Crippen MR) is 181 cm³/mol. The minimum atomic E-state index is -4.38. The summed E-state index contributed by atoms with van der Waals surface area (Å²) in [6.45, 7) is 4.04. The fourth-order valence-electron chi connectivity index (χ4n) is 5.21. The van der Waals surface area contributed by atoms with E-state index in [0.29, 0.717) is 0 Å². The highest BCUT2D eigenvalue weighted by Gasteiger charge is 2.54. The summed E-state index contributed by atoms with van der Waals surface area (Å²) in [4.78, 5) is 27.7. The summed E-state index contributed by atoms with van der Waals surface area (Å²) in [6.07, 6.45) is -2.04. The molecule has 2 aromatic carbocycles. The number of carbonyl (C=O) groups excluding carboxylic acids is 1. The normalized spacial score (nSPS) is 22.6. The molecule has 4 unspecified atom stereocenters. The van der Waals surface area contributed by atoms with E-state index in [9.17, 15) is 28.0 Å². The lowest BCUT2D eigenvalue weighted by Gasteiger charge is -2.27. The van der Waals surface area contributed by atoms with Crippen LogP contribution in [0.2, 0.25) is 0 Å². The summed E-state index contributed by atoms with van der Waals surface area (Å²) in [5.41, 5.74) is 5.81. The maximum absolute atomic E-state index is 14.1. The lowest BCUT2D eigenvalue weighted by atomic mass is 9.96. The van der Waals surface area contributed by atoms with Gasteiger partial charge in [-0.1, -0.05) is 42.5 Å². The number of carbonyl (C=O) groups is 1. The minimum absolute atomic E-state index is 0.00590. The van der Waals surface area contributed by atoms with Crippen LogP contribution in [0.4, 0.5) is 11.8 Å². The molecule has 4 aromatic rings. The average molecular weight is 735 g/mol. The first-order valence-corrected chi connectivity index (χ1v) is 18.7. The Morgan fingerprint density at radius 1 is 1.20 bits per heavy atom. The van der Waals surface area contributed by atoms with Gasteiger partial charge in [0.15, 0.2) is 23.2 Å². The van der Waals surface area contributed by atoms with E-state index in [4.69, 9.17) is 24.3 Å². The Labute approximate surface area is 288 Å². The van der Waals surface area contributed by atoms with E-state index >= 15 is 0 Å². The van der Waals surface area contributed by atoms with Crippen molar-refractivity contribution in [2.75, 3.05) is 30.7 Å². The van der Waals surface area contributed by atoms with Crippen LogP contribution in [0, 0.1) is 6.92 Å². The average Bonchev–Trinajstić information content (AvgIpc) is 3.55. The molecule has 0 saturated carbocycles. The van der Waals surface area contributed by atoms with E-state index in [1.165, 1.54) is 43.9 Å². The van der Waals surface area contributed by atoms with Gasteiger partial charge >= 0.3 is 13.7 Å². The van der Waals surface area contributed by atoms with Gasteiger partial charge in [0.1, 0.15) is 36.2 Å². The quantitative estimate of drug-likeness (QED) is 0.0701. The first-order chi connectivity index (χ1) is 23.5. The second-order valence-corrected chi connectivity index (χ2v) is 15.4. The summed E-state index contributed by atoms with van der Waals surface area (Å²) in [6, 6.07) is 14.3. The number of aliphatic hydroxyl groups excluding tert-OH is 1. The number of hydrogen-bond acceptors (Lipinski definition) is 15. The zero-order valence-electron chi connectivity index (χ0n) is 27.8. The number of rotatable bonds is 14. The van der Waals surface area contributed by atoms with Crippen LogP contribution in [0.25, 0.3) is 11.2 Å². The molecule has 6 atom stereocenters. The third-order valence-corrected chi connectivity index (χ3v) is 10.0. The number of benzene rings is 2. The molecular formula is C30H39N8O10PS. The van der Waals surface area contributed by atoms with Gasteiger partial charge < -0.3 is 29.9 Å². The molecule has 1 saturated heterocycles. The zero-order valence-corrected chi connectivity index (χ0v) is 29.5. The molecule has 50 heavy (non-hydrogen) atoms. The van der Waals surface area contributed by atoms with E-state index in [1.54, 1.807) is 18.2 Å². The molecule has 18 nitrogen and oxygen atoms in total. The third-order valence-electron chi connectivity index (χ3n) is 7.76. The Morgan fingerprint density at radius 2 is 1.88 bits per heavy atom. The Hall–Kier alpha value is -4.20. The number of nitrogen functional groups attached to an aromatic ring is 1. The number of hydrazine groups is 1. The highest BCUT2D eigenvalue weighted by Crippen LogP contribution is 2.47. The lowest BCUT2D eigenvalue weighted by Crippen LogP contribution is -2.44. The monoisotopic (exact) mass is 734 g/mol. The Morgan fingerprint density at radius 3 is 2.56 bits per heavy atom. The molecule has 0 bridgehead atoms. The first kappa shape index (κ1) is 37.1. The van der Waals surface area contributed by atoms with E-state index in [2.05, 4.69) is 24.9 Å². The van der Waals surface area contributed by atoms with Gasteiger partial charge in [0.25, 0.3) is 0 Å². The van der Waals surface area contributed by atoms with Crippen LogP contribution >= 0.6 is 7.75 Å². The lowest BCUT2D eigenvalue weighted by molar-refractivity contribution is -0.146. The molecule has 20 heteroatoms. The number of para-hydroxylation sites is 1. The Kier molecular flexibility index (Phi) is 10.8. The van der Waals surface area contributed by atoms with Crippen LogP contribution in [-0.4, -0.2) is 87.9 Å². The number of anilines is 2. The highest BCUT2D eigenvalue weighted by atomic mass is 32.2. The number of nitrogens with two attached hydrogens (primary N) is 1.